The molecule has 0 radical (unpaired) electrons. The fraction of sp³-hybridized carbons (Fsp3) is 0.316. The second-order valence-corrected chi connectivity index (χ2v) is 8.45. The molecule has 0 aliphatic heterocycles. The molecular formula is C19H23ClN2O4S. The van der Waals surface area contributed by atoms with Crippen molar-refractivity contribution in [1.82, 2.24) is 0 Å². The number of halogens is 1. The van der Waals surface area contributed by atoms with Crippen molar-refractivity contribution in [2.45, 2.75) is 26.3 Å². The van der Waals surface area contributed by atoms with E-state index in [4.69, 9.17) is 16.3 Å². The van der Waals surface area contributed by atoms with E-state index in [9.17, 15) is 13.2 Å². The number of nitrogens with zero attached hydrogens (tertiary/aromatic N) is 1. The van der Waals surface area contributed by atoms with Crippen LogP contribution in [0.1, 0.15) is 18.9 Å². The third-order valence-corrected chi connectivity index (χ3v) is 5.46. The van der Waals surface area contributed by atoms with E-state index < -0.39 is 22.0 Å². The Hall–Kier alpha value is -2.25. The van der Waals surface area contributed by atoms with Gasteiger partial charge in [-0.3, -0.25) is 9.10 Å². The van der Waals surface area contributed by atoms with E-state index in [-0.39, 0.29) is 6.42 Å². The van der Waals surface area contributed by atoms with Crippen LogP contribution in [-0.4, -0.2) is 33.7 Å². The van der Waals surface area contributed by atoms with Gasteiger partial charge in [-0.25, -0.2) is 8.42 Å². The van der Waals surface area contributed by atoms with Crippen molar-refractivity contribution in [2.24, 2.45) is 0 Å². The van der Waals surface area contributed by atoms with Gasteiger partial charge in [-0.15, -0.1) is 0 Å². The quantitative estimate of drug-likeness (QED) is 0.752. The summed E-state index contributed by atoms with van der Waals surface area (Å²) in [6.45, 7) is 3.65. The van der Waals surface area contributed by atoms with Crippen molar-refractivity contribution in [3.05, 3.63) is 53.1 Å². The molecule has 146 valence electrons. The normalized spacial score (nSPS) is 12.3. The van der Waals surface area contributed by atoms with Crippen LogP contribution in [0.15, 0.2) is 42.5 Å². The monoisotopic (exact) mass is 410 g/mol. The number of carbonyl (C=O) groups is 1. The van der Waals surface area contributed by atoms with E-state index in [2.05, 4.69) is 5.32 Å². The molecule has 27 heavy (non-hydrogen) atoms. The fourth-order valence-electron chi connectivity index (χ4n) is 2.78. The maximum absolute atomic E-state index is 13.0. The summed E-state index contributed by atoms with van der Waals surface area (Å²) >= 11 is 5.90. The molecule has 0 saturated heterocycles. The van der Waals surface area contributed by atoms with Crippen molar-refractivity contribution >= 4 is 38.9 Å². The highest BCUT2D eigenvalue weighted by atomic mass is 35.5. The summed E-state index contributed by atoms with van der Waals surface area (Å²) in [5, 5.41) is 3.27. The molecule has 0 spiro atoms. The summed E-state index contributed by atoms with van der Waals surface area (Å²) in [5.41, 5.74) is 1.81. The van der Waals surface area contributed by atoms with Gasteiger partial charge in [0.2, 0.25) is 15.9 Å². The zero-order valence-electron chi connectivity index (χ0n) is 15.7. The van der Waals surface area contributed by atoms with Crippen LogP contribution in [0.2, 0.25) is 5.02 Å². The second-order valence-electron chi connectivity index (χ2n) is 6.15. The number of methoxy groups -OCH3 is 1. The first-order valence-electron chi connectivity index (χ1n) is 8.37. The van der Waals surface area contributed by atoms with Crippen LogP contribution >= 0.6 is 11.6 Å². The van der Waals surface area contributed by atoms with Crippen molar-refractivity contribution < 1.29 is 17.9 Å². The SMILES string of the molecule is CC[C@H](C(=O)Nc1cc(C)ccc1OC)N(c1ccc(Cl)cc1)S(C)(=O)=O. The Kier molecular flexibility index (Phi) is 6.73. The standard InChI is InChI=1S/C19H23ClN2O4S/c1-5-17(19(23)21-16-12-13(2)6-11-18(16)26-3)22(27(4,24)25)15-9-7-14(20)8-10-15/h6-12,17H,5H2,1-4H3,(H,21,23)/t17-/m1/s1. The smallest absolute Gasteiger partial charge is 0.248 e. The van der Waals surface area contributed by atoms with Crippen LogP contribution < -0.4 is 14.4 Å². The summed E-state index contributed by atoms with van der Waals surface area (Å²) in [5.74, 6) is 0.0583. The fourth-order valence-corrected chi connectivity index (χ4v) is 4.12. The minimum Gasteiger partial charge on any atom is -0.495 e. The van der Waals surface area contributed by atoms with Gasteiger partial charge >= 0.3 is 0 Å². The predicted molar refractivity (Wildman–Crippen MR) is 109 cm³/mol. The number of ether oxygens (including phenoxy) is 1. The van der Waals surface area contributed by atoms with Crippen molar-refractivity contribution in [2.75, 3.05) is 23.0 Å². The third-order valence-electron chi connectivity index (χ3n) is 4.02. The molecule has 2 aromatic carbocycles. The first-order chi connectivity index (χ1) is 12.7. The van der Waals surface area contributed by atoms with E-state index in [1.165, 1.54) is 7.11 Å². The average molecular weight is 411 g/mol. The molecule has 0 unspecified atom stereocenters. The largest absolute Gasteiger partial charge is 0.495 e. The number of nitrogens with one attached hydrogen (secondary N) is 1. The molecule has 0 fully saturated rings. The van der Waals surface area contributed by atoms with Crippen LogP contribution in [0, 0.1) is 6.92 Å². The summed E-state index contributed by atoms with van der Waals surface area (Å²) < 4.78 is 31.3. The number of amides is 1. The Balaban J connectivity index is 2.41. The summed E-state index contributed by atoms with van der Waals surface area (Å²) in [6, 6.07) is 10.8. The topological polar surface area (TPSA) is 75.7 Å². The number of hydrogen-bond acceptors (Lipinski definition) is 4. The highest BCUT2D eigenvalue weighted by molar-refractivity contribution is 7.92. The van der Waals surface area contributed by atoms with Crippen molar-refractivity contribution in [3.8, 4) is 5.75 Å². The molecular weight excluding hydrogens is 388 g/mol. The molecule has 1 amide bonds. The van der Waals surface area contributed by atoms with Gasteiger partial charge in [-0.2, -0.15) is 0 Å². The van der Waals surface area contributed by atoms with Crippen LogP contribution in [0.3, 0.4) is 0 Å². The first-order valence-corrected chi connectivity index (χ1v) is 10.6. The van der Waals surface area contributed by atoms with E-state index in [1.807, 2.05) is 13.0 Å². The number of benzene rings is 2. The van der Waals surface area contributed by atoms with Gasteiger partial charge in [0.15, 0.2) is 0 Å². The molecule has 1 atom stereocenters. The lowest BCUT2D eigenvalue weighted by Gasteiger charge is -2.30. The van der Waals surface area contributed by atoms with Gasteiger partial charge in [0.05, 0.1) is 24.7 Å². The van der Waals surface area contributed by atoms with E-state index >= 15 is 0 Å². The molecule has 6 nitrogen and oxygen atoms in total. The van der Waals surface area contributed by atoms with Crippen LogP contribution in [0.25, 0.3) is 0 Å². The lowest BCUT2D eigenvalue weighted by atomic mass is 10.1. The highest BCUT2D eigenvalue weighted by Crippen LogP contribution is 2.28. The van der Waals surface area contributed by atoms with E-state index in [0.29, 0.717) is 22.1 Å². The van der Waals surface area contributed by atoms with Crippen LogP contribution in [-0.2, 0) is 14.8 Å². The summed E-state index contributed by atoms with van der Waals surface area (Å²) in [7, 11) is -2.20. The van der Waals surface area contributed by atoms with E-state index in [1.54, 1.807) is 43.3 Å². The molecule has 0 saturated carbocycles. The Labute approximate surface area is 165 Å². The lowest BCUT2D eigenvalue weighted by Crippen LogP contribution is -2.47. The molecule has 0 aliphatic carbocycles. The van der Waals surface area contributed by atoms with Crippen LogP contribution in [0.5, 0.6) is 5.75 Å². The van der Waals surface area contributed by atoms with Crippen molar-refractivity contribution in [1.29, 1.82) is 0 Å². The predicted octanol–water partition coefficient (Wildman–Crippen LogP) is 3.84. The summed E-state index contributed by atoms with van der Waals surface area (Å²) in [4.78, 5) is 13.0. The van der Waals surface area contributed by atoms with E-state index in [0.717, 1.165) is 16.1 Å². The molecule has 1 N–H and O–H groups in total. The molecule has 2 rings (SSSR count). The zero-order valence-corrected chi connectivity index (χ0v) is 17.3. The number of sulfonamides is 1. The van der Waals surface area contributed by atoms with Gasteiger partial charge in [0.25, 0.3) is 0 Å². The van der Waals surface area contributed by atoms with Gasteiger partial charge < -0.3 is 10.1 Å². The first kappa shape index (κ1) is 21.1. The Morgan fingerprint density at radius 2 is 1.85 bits per heavy atom. The van der Waals surface area contributed by atoms with Gasteiger partial charge in [0, 0.05) is 5.02 Å². The number of rotatable bonds is 7. The Morgan fingerprint density at radius 3 is 2.37 bits per heavy atom. The maximum Gasteiger partial charge on any atom is 0.248 e. The average Bonchev–Trinajstić information content (AvgIpc) is 2.59. The second kappa shape index (κ2) is 8.63. The minimum atomic E-state index is -3.71. The summed E-state index contributed by atoms with van der Waals surface area (Å²) in [6.07, 6.45) is 1.36. The lowest BCUT2D eigenvalue weighted by molar-refractivity contribution is -0.117. The van der Waals surface area contributed by atoms with Gasteiger partial charge in [0.1, 0.15) is 11.8 Å². The Morgan fingerprint density at radius 1 is 1.22 bits per heavy atom. The molecule has 0 aromatic heterocycles. The molecule has 0 heterocycles. The number of carbonyl (C=O) groups excluding carboxylic acids is 1. The van der Waals surface area contributed by atoms with Gasteiger partial charge in [-0.05, 0) is 55.3 Å². The van der Waals surface area contributed by atoms with Crippen LogP contribution in [0.4, 0.5) is 11.4 Å². The highest BCUT2D eigenvalue weighted by Gasteiger charge is 2.31. The molecule has 0 bridgehead atoms. The third kappa shape index (κ3) is 5.14. The molecule has 0 aliphatic rings. The number of aryl methyl sites for hydroxylation is 1. The Bertz CT molecular complexity index is 914. The number of hydrogen-bond donors (Lipinski definition) is 1. The number of anilines is 2. The minimum absolute atomic E-state index is 0.287. The van der Waals surface area contributed by atoms with Crippen molar-refractivity contribution in [3.63, 3.8) is 0 Å². The molecule has 8 heteroatoms. The van der Waals surface area contributed by atoms with Gasteiger partial charge in [-0.1, -0.05) is 24.6 Å². The zero-order chi connectivity index (χ0) is 20.2. The maximum atomic E-state index is 13.0. The molecule has 2 aromatic rings.